The van der Waals surface area contributed by atoms with Crippen molar-refractivity contribution in [3.63, 3.8) is 0 Å². The van der Waals surface area contributed by atoms with Crippen LogP contribution in [0.15, 0.2) is 60.8 Å². The maximum absolute atomic E-state index is 11.4. The number of unbranched alkanes of at least 4 members (excludes halogenated alkanes) is 1. The molecule has 0 aromatic heterocycles. The Kier molecular flexibility index (Phi) is 12.4. The summed E-state index contributed by atoms with van der Waals surface area (Å²) in [6, 6.07) is 0. The normalized spacial score (nSPS) is 13.0. The maximum Gasteiger partial charge on any atom is 0.243 e. The van der Waals surface area contributed by atoms with Crippen molar-refractivity contribution in [3.05, 3.63) is 60.8 Å². The summed E-state index contributed by atoms with van der Waals surface area (Å²) in [6.07, 6.45) is 21.5. The predicted octanol–water partition coefficient (Wildman–Crippen LogP) is 4.34. The Hall–Kier alpha value is -1.83. The second-order valence-electron chi connectivity index (χ2n) is 4.84. The standard InChI is InChI=1S/C18H27NO/c1-4-5-6-7-8-9-10-11-12-13-14-15-18(20)19-16-17(2)3/h4-9,12-15,17H,10-11,16H2,1-3H3,(H,19,20)/b5-4+,7-6+,9-8+,13-12+,15-14+. The molecule has 0 aromatic rings. The van der Waals surface area contributed by atoms with E-state index >= 15 is 0 Å². The van der Waals surface area contributed by atoms with Crippen LogP contribution in [0.5, 0.6) is 0 Å². The number of hydrogen-bond acceptors (Lipinski definition) is 1. The van der Waals surface area contributed by atoms with Gasteiger partial charge in [0.05, 0.1) is 0 Å². The Morgan fingerprint density at radius 1 is 0.950 bits per heavy atom. The minimum Gasteiger partial charge on any atom is -0.352 e. The number of carbonyl (C=O) groups excluding carboxylic acids is 1. The zero-order valence-electron chi connectivity index (χ0n) is 12.9. The Labute approximate surface area is 123 Å². The minimum atomic E-state index is -0.0302. The fourth-order valence-corrected chi connectivity index (χ4v) is 1.29. The van der Waals surface area contributed by atoms with Crippen molar-refractivity contribution >= 4 is 5.91 Å². The lowest BCUT2D eigenvalue weighted by Crippen LogP contribution is -2.25. The molecule has 20 heavy (non-hydrogen) atoms. The molecule has 0 radical (unpaired) electrons. The van der Waals surface area contributed by atoms with Gasteiger partial charge in [0.25, 0.3) is 0 Å². The molecule has 1 amide bonds. The zero-order chi connectivity index (χ0) is 15.1. The molecule has 0 rings (SSSR count). The molecule has 0 aliphatic heterocycles. The number of rotatable bonds is 9. The molecule has 0 heterocycles. The Bertz CT molecular complexity index is 384. The molecular weight excluding hydrogens is 246 g/mol. The van der Waals surface area contributed by atoms with Crippen molar-refractivity contribution in [1.29, 1.82) is 0 Å². The van der Waals surface area contributed by atoms with Crippen LogP contribution in [-0.2, 0) is 4.79 Å². The van der Waals surface area contributed by atoms with Crippen molar-refractivity contribution in [2.24, 2.45) is 5.92 Å². The summed E-state index contributed by atoms with van der Waals surface area (Å²) >= 11 is 0. The maximum atomic E-state index is 11.4. The SMILES string of the molecule is C/C=C/C=C/C=C/CC/C=C/C=C/C(=O)NCC(C)C. The molecule has 2 nitrogen and oxygen atoms in total. The van der Waals surface area contributed by atoms with E-state index in [9.17, 15) is 4.79 Å². The highest BCUT2D eigenvalue weighted by molar-refractivity contribution is 5.87. The minimum absolute atomic E-state index is 0.0302. The highest BCUT2D eigenvalue weighted by Gasteiger charge is 1.95. The van der Waals surface area contributed by atoms with E-state index in [1.807, 2.05) is 43.4 Å². The summed E-state index contributed by atoms with van der Waals surface area (Å²) in [7, 11) is 0. The fraction of sp³-hybridized carbons (Fsp3) is 0.389. The van der Waals surface area contributed by atoms with Crippen LogP contribution in [-0.4, -0.2) is 12.5 Å². The van der Waals surface area contributed by atoms with E-state index in [1.54, 1.807) is 12.2 Å². The van der Waals surface area contributed by atoms with Crippen molar-refractivity contribution in [3.8, 4) is 0 Å². The molecule has 0 bridgehead atoms. The quantitative estimate of drug-likeness (QED) is 0.378. The Balaban J connectivity index is 3.68. The van der Waals surface area contributed by atoms with Crippen molar-refractivity contribution in [2.75, 3.05) is 6.54 Å². The first kappa shape index (κ1) is 18.2. The highest BCUT2D eigenvalue weighted by atomic mass is 16.1. The van der Waals surface area contributed by atoms with Crippen LogP contribution >= 0.6 is 0 Å². The fourth-order valence-electron chi connectivity index (χ4n) is 1.29. The van der Waals surface area contributed by atoms with E-state index < -0.39 is 0 Å². The largest absolute Gasteiger partial charge is 0.352 e. The van der Waals surface area contributed by atoms with Crippen LogP contribution in [0.25, 0.3) is 0 Å². The van der Waals surface area contributed by atoms with E-state index in [-0.39, 0.29) is 5.91 Å². The average Bonchev–Trinajstić information content (AvgIpc) is 2.42. The monoisotopic (exact) mass is 273 g/mol. The third kappa shape index (κ3) is 14.2. The molecule has 1 N–H and O–H groups in total. The molecular formula is C18H27NO. The van der Waals surface area contributed by atoms with Crippen LogP contribution in [0.1, 0.15) is 33.6 Å². The van der Waals surface area contributed by atoms with Gasteiger partial charge in [-0.2, -0.15) is 0 Å². The molecule has 0 fully saturated rings. The first-order valence-electron chi connectivity index (χ1n) is 7.22. The van der Waals surface area contributed by atoms with Crippen LogP contribution in [0.2, 0.25) is 0 Å². The van der Waals surface area contributed by atoms with Crippen LogP contribution in [0.4, 0.5) is 0 Å². The van der Waals surface area contributed by atoms with Crippen LogP contribution < -0.4 is 5.32 Å². The molecule has 0 aromatic carbocycles. The predicted molar refractivity (Wildman–Crippen MR) is 88.5 cm³/mol. The number of nitrogens with one attached hydrogen (secondary N) is 1. The van der Waals surface area contributed by atoms with Gasteiger partial charge in [-0.05, 0) is 25.7 Å². The highest BCUT2D eigenvalue weighted by Crippen LogP contribution is 1.94. The molecule has 0 atom stereocenters. The van der Waals surface area contributed by atoms with Crippen molar-refractivity contribution < 1.29 is 4.79 Å². The smallest absolute Gasteiger partial charge is 0.243 e. The van der Waals surface area contributed by atoms with E-state index in [0.717, 1.165) is 19.4 Å². The molecule has 0 saturated heterocycles. The van der Waals surface area contributed by atoms with E-state index in [2.05, 4.69) is 31.3 Å². The first-order valence-corrected chi connectivity index (χ1v) is 7.22. The van der Waals surface area contributed by atoms with Crippen LogP contribution in [0, 0.1) is 5.92 Å². The third-order valence-electron chi connectivity index (χ3n) is 2.34. The van der Waals surface area contributed by atoms with Gasteiger partial charge in [-0.25, -0.2) is 0 Å². The second-order valence-corrected chi connectivity index (χ2v) is 4.84. The van der Waals surface area contributed by atoms with E-state index in [1.165, 1.54) is 0 Å². The number of amides is 1. The van der Waals surface area contributed by atoms with Gasteiger partial charge in [0.2, 0.25) is 5.91 Å². The lowest BCUT2D eigenvalue weighted by molar-refractivity contribution is -0.116. The molecule has 2 heteroatoms. The Morgan fingerprint density at radius 2 is 1.55 bits per heavy atom. The topological polar surface area (TPSA) is 29.1 Å². The van der Waals surface area contributed by atoms with E-state index in [0.29, 0.717) is 5.92 Å². The van der Waals surface area contributed by atoms with Gasteiger partial charge in [-0.3, -0.25) is 4.79 Å². The van der Waals surface area contributed by atoms with Gasteiger partial charge in [0, 0.05) is 12.6 Å². The summed E-state index contributed by atoms with van der Waals surface area (Å²) in [5.74, 6) is 0.453. The number of hydrogen-bond donors (Lipinski definition) is 1. The number of carbonyl (C=O) groups is 1. The van der Waals surface area contributed by atoms with Gasteiger partial charge >= 0.3 is 0 Å². The average molecular weight is 273 g/mol. The summed E-state index contributed by atoms with van der Waals surface area (Å²) in [5, 5.41) is 2.83. The lowest BCUT2D eigenvalue weighted by atomic mass is 10.2. The molecule has 0 aliphatic rings. The lowest BCUT2D eigenvalue weighted by Gasteiger charge is -2.03. The molecule has 0 aliphatic carbocycles. The van der Waals surface area contributed by atoms with Gasteiger partial charge < -0.3 is 5.32 Å². The first-order chi connectivity index (χ1) is 9.66. The number of allylic oxidation sites excluding steroid dienone is 9. The Morgan fingerprint density at radius 3 is 2.15 bits per heavy atom. The summed E-state index contributed by atoms with van der Waals surface area (Å²) in [6.45, 7) is 6.87. The third-order valence-corrected chi connectivity index (χ3v) is 2.34. The summed E-state index contributed by atoms with van der Waals surface area (Å²) in [5.41, 5.74) is 0. The van der Waals surface area contributed by atoms with Crippen molar-refractivity contribution in [2.45, 2.75) is 33.6 Å². The molecule has 0 saturated carbocycles. The summed E-state index contributed by atoms with van der Waals surface area (Å²) < 4.78 is 0. The van der Waals surface area contributed by atoms with Gasteiger partial charge in [-0.1, -0.05) is 68.5 Å². The van der Waals surface area contributed by atoms with E-state index in [4.69, 9.17) is 0 Å². The molecule has 0 unspecified atom stereocenters. The molecule has 110 valence electrons. The molecule has 0 spiro atoms. The van der Waals surface area contributed by atoms with Gasteiger partial charge in [0.1, 0.15) is 0 Å². The van der Waals surface area contributed by atoms with Gasteiger partial charge in [0.15, 0.2) is 0 Å². The van der Waals surface area contributed by atoms with Crippen molar-refractivity contribution in [1.82, 2.24) is 5.32 Å². The van der Waals surface area contributed by atoms with Crippen LogP contribution in [0.3, 0.4) is 0 Å². The second kappa shape index (κ2) is 13.6. The van der Waals surface area contributed by atoms with Gasteiger partial charge in [-0.15, -0.1) is 0 Å². The summed E-state index contributed by atoms with van der Waals surface area (Å²) in [4.78, 5) is 11.4. The zero-order valence-corrected chi connectivity index (χ0v) is 12.9.